The van der Waals surface area contributed by atoms with Gasteiger partial charge in [-0.3, -0.25) is 4.79 Å². The van der Waals surface area contributed by atoms with E-state index in [1.807, 2.05) is 25.1 Å². The molecular formula is C21H17ClN4O3. The summed E-state index contributed by atoms with van der Waals surface area (Å²) in [6.45, 7) is 1.89. The van der Waals surface area contributed by atoms with Crippen LogP contribution in [0.4, 0.5) is 11.5 Å². The van der Waals surface area contributed by atoms with Crippen LogP contribution in [0, 0.1) is 6.92 Å². The second kappa shape index (κ2) is 7.44. The topological polar surface area (TPSA) is 96.3 Å². The molecule has 1 aliphatic heterocycles. The molecule has 1 aromatic heterocycles. The molecule has 2 aromatic carbocycles. The van der Waals surface area contributed by atoms with Crippen molar-refractivity contribution in [3.63, 3.8) is 0 Å². The van der Waals surface area contributed by atoms with Crippen LogP contribution in [0.5, 0.6) is 0 Å². The van der Waals surface area contributed by atoms with Gasteiger partial charge in [-0.05, 0) is 42.3 Å². The Morgan fingerprint density at radius 1 is 1.17 bits per heavy atom. The van der Waals surface area contributed by atoms with E-state index < -0.39 is 12.0 Å². The van der Waals surface area contributed by atoms with Crippen LogP contribution in [0.1, 0.15) is 27.5 Å². The number of rotatable bonds is 4. The van der Waals surface area contributed by atoms with Crippen molar-refractivity contribution in [3.8, 4) is 0 Å². The highest BCUT2D eigenvalue weighted by molar-refractivity contribution is 6.30. The molecule has 3 aromatic rings. The minimum absolute atomic E-state index is 0.0251. The molecular weight excluding hydrogens is 392 g/mol. The Bertz CT molecular complexity index is 1140. The van der Waals surface area contributed by atoms with Crippen LogP contribution in [0.2, 0.25) is 5.02 Å². The van der Waals surface area contributed by atoms with Gasteiger partial charge in [0.15, 0.2) is 0 Å². The third kappa shape index (κ3) is 3.60. The van der Waals surface area contributed by atoms with Crippen LogP contribution in [-0.2, 0) is 4.79 Å². The van der Waals surface area contributed by atoms with Gasteiger partial charge in [-0.25, -0.2) is 9.48 Å². The molecule has 3 N–H and O–H groups in total. The van der Waals surface area contributed by atoms with Gasteiger partial charge < -0.3 is 15.7 Å². The lowest BCUT2D eigenvalue weighted by Gasteiger charge is -2.24. The predicted molar refractivity (Wildman–Crippen MR) is 110 cm³/mol. The lowest BCUT2D eigenvalue weighted by molar-refractivity contribution is -0.132. The first kappa shape index (κ1) is 18.8. The highest BCUT2D eigenvalue weighted by Gasteiger charge is 2.29. The number of carboxylic acids is 1. The maximum Gasteiger partial charge on any atom is 0.352 e. The zero-order valence-corrected chi connectivity index (χ0v) is 16.1. The molecule has 0 aliphatic carbocycles. The monoisotopic (exact) mass is 408 g/mol. The number of amides is 1. The van der Waals surface area contributed by atoms with Gasteiger partial charge >= 0.3 is 5.97 Å². The first-order valence-corrected chi connectivity index (χ1v) is 9.24. The molecule has 0 bridgehead atoms. The number of carboxylic acid groups (broad SMARTS) is 1. The summed E-state index contributed by atoms with van der Waals surface area (Å²) in [7, 11) is 0. The summed E-state index contributed by atoms with van der Waals surface area (Å²) < 4.78 is 1.59. The molecule has 0 radical (unpaired) electrons. The number of anilines is 2. The number of aromatic nitrogens is 2. The fourth-order valence-electron chi connectivity index (χ4n) is 3.19. The molecule has 1 atom stereocenters. The van der Waals surface area contributed by atoms with E-state index in [1.54, 1.807) is 41.1 Å². The maximum absolute atomic E-state index is 12.9. The Balaban J connectivity index is 1.73. The highest BCUT2D eigenvalue weighted by atomic mass is 35.5. The Morgan fingerprint density at radius 3 is 2.59 bits per heavy atom. The number of fused-ring (bicyclic) bond motifs is 1. The number of halogens is 1. The number of hydrogen-bond donors (Lipinski definition) is 3. The van der Waals surface area contributed by atoms with Gasteiger partial charge in [-0.1, -0.05) is 41.9 Å². The minimum Gasteiger partial charge on any atom is -0.477 e. The fraction of sp³-hybridized carbons (Fsp3) is 0.0952. The van der Waals surface area contributed by atoms with Crippen molar-refractivity contribution in [2.45, 2.75) is 13.0 Å². The predicted octanol–water partition coefficient (Wildman–Crippen LogP) is 4.08. The van der Waals surface area contributed by atoms with Gasteiger partial charge in [0.05, 0.1) is 12.2 Å². The van der Waals surface area contributed by atoms with Gasteiger partial charge in [0, 0.05) is 10.7 Å². The summed E-state index contributed by atoms with van der Waals surface area (Å²) in [4.78, 5) is 24.5. The van der Waals surface area contributed by atoms with E-state index in [0.29, 0.717) is 16.5 Å². The van der Waals surface area contributed by atoms with Crippen molar-refractivity contribution in [2.75, 3.05) is 10.6 Å². The van der Waals surface area contributed by atoms with E-state index in [1.165, 1.54) is 6.20 Å². The van der Waals surface area contributed by atoms with Crippen molar-refractivity contribution in [1.29, 1.82) is 0 Å². The van der Waals surface area contributed by atoms with Crippen LogP contribution in [0.15, 0.2) is 66.5 Å². The van der Waals surface area contributed by atoms with E-state index in [4.69, 9.17) is 11.6 Å². The normalized spacial score (nSPS) is 15.1. The Morgan fingerprint density at radius 2 is 1.90 bits per heavy atom. The zero-order valence-electron chi connectivity index (χ0n) is 15.4. The smallest absolute Gasteiger partial charge is 0.352 e. The number of carbonyl (C=O) groups excluding carboxylic acids is 1. The molecule has 1 amide bonds. The average molecular weight is 409 g/mol. The van der Waals surface area contributed by atoms with Crippen molar-refractivity contribution < 1.29 is 14.7 Å². The molecule has 0 unspecified atom stereocenters. The van der Waals surface area contributed by atoms with Gasteiger partial charge in [0.1, 0.15) is 17.1 Å². The SMILES string of the molecule is Cc1ccccc1NC(=O)c1cnn2c1NC(C(=O)O)=C[C@@H]2c1ccc(Cl)cc1. The summed E-state index contributed by atoms with van der Waals surface area (Å²) in [6.07, 6.45) is 2.98. The van der Waals surface area contributed by atoms with Crippen molar-refractivity contribution in [3.05, 3.63) is 88.2 Å². The first-order chi connectivity index (χ1) is 13.9. The minimum atomic E-state index is -1.12. The molecule has 29 heavy (non-hydrogen) atoms. The van der Waals surface area contributed by atoms with E-state index in [2.05, 4.69) is 15.7 Å². The lowest BCUT2D eigenvalue weighted by atomic mass is 10.0. The van der Waals surface area contributed by atoms with Gasteiger partial charge in [0.25, 0.3) is 5.91 Å². The summed E-state index contributed by atoms with van der Waals surface area (Å²) in [5, 5.41) is 20.1. The van der Waals surface area contributed by atoms with Gasteiger partial charge in [-0.2, -0.15) is 5.10 Å². The Kier molecular flexibility index (Phi) is 4.82. The standard InChI is InChI=1S/C21H17ClN4O3/c1-12-4-2-3-5-16(12)25-20(27)15-11-23-26-18(13-6-8-14(22)9-7-13)10-17(21(28)29)24-19(15)26/h2-11,18,24H,1H3,(H,25,27)(H,28,29)/t18-/m1/s1. The molecule has 1 aliphatic rings. The van der Waals surface area contributed by atoms with E-state index in [0.717, 1.165) is 11.1 Å². The van der Waals surface area contributed by atoms with E-state index in [-0.39, 0.29) is 17.2 Å². The lowest BCUT2D eigenvalue weighted by Crippen LogP contribution is -2.25. The first-order valence-electron chi connectivity index (χ1n) is 8.86. The van der Waals surface area contributed by atoms with Crippen molar-refractivity contribution in [2.24, 2.45) is 0 Å². The number of allylic oxidation sites excluding steroid dienone is 1. The quantitative estimate of drug-likeness (QED) is 0.604. The van der Waals surface area contributed by atoms with Crippen LogP contribution < -0.4 is 10.6 Å². The molecule has 2 heterocycles. The van der Waals surface area contributed by atoms with Crippen molar-refractivity contribution >= 4 is 35.0 Å². The van der Waals surface area contributed by atoms with Crippen molar-refractivity contribution in [1.82, 2.24) is 9.78 Å². The van der Waals surface area contributed by atoms with Crippen LogP contribution >= 0.6 is 11.6 Å². The van der Waals surface area contributed by atoms with E-state index >= 15 is 0 Å². The largest absolute Gasteiger partial charge is 0.477 e. The number of hydrogen-bond acceptors (Lipinski definition) is 4. The maximum atomic E-state index is 12.9. The molecule has 146 valence electrons. The third-order valence-corrected chi connectivity index (χ3v) is 4.97. The van der Waals surface area contributed by atoms with Gasteiger partial charge in [0.2, 0.25) is 0 Å². The molecule has 8 heteroatoms. The average Bonchev–Trinajstić information content (AvgIpc) is 3.14. The second-order valence-corrected chi connectivity index (χ2v) is 7.06. The van der Waals surface area contributed by atoms with Crippen LogP contribution in [0.3, 0.4) is 0 Å². The molecule has 0 saturated heterocycles. The molecule has 7 nitrogen and oxygen atoms in total. The summed E-state index contributed by atoms with van der Waals surface area (Å²) in [6, 6.07) is 14.0. The Labute approximate surface area is 171 Å². The molecule has 0 fully saturated rings. The Hall–Kier alpha value is -3.58. The molecule has 0 spiro atoms. The van der Waals surface area contributed by atoms with Crippen LogP contribution in [-0.4, -0.2) is 26.8 Å². The second-order valence-electron chi connectivity index (χ2n) is 6.63. The summed E-state index contributed by atoms with van der Waals surface area (Å²) in [5.41, 5.74) is 2.61. The zero-order chi connectivity index (χ0) is 20.5. The number of aryl methyl sites for hydroxylation is 1. The summed E-state index contributed by atoms with van der Waals surface area (Å²) in [5.74, 6) is -1.19. The number of carbonyl (C=O) groups is 2. The number of nitrogens with zero attached hydrogens (tertiary/aromatic N) is 2. The molecule has 4 rings (SSSR count). The number of nitrogens with one attached hydrogen (secondary N) is 2. The number of benzene rings is 2. The number of para-hydroxylation sites is 1. The highest BCUT2D eigenvalue weighted by Crippen LogP contribution is 2.33. The van der Waals surface area contributed by atoms with E-state index in [9.17, 15) is 14.7 Å². The molecule has 0 saturated carbocycles. The van der Waals surface area contributed by atoms with Crippen LogP contribution in [0.25, 0.3) is 0 Å². The number of aliphatic carboxylic acids is 1. The van der Waals surface area contributed by atoms with Gasteiger partial charge in [-0.15, -0.1) is 0 Å². The third-order valence-electron chi connectivity index (χ3n) is 4.72. The summed E-state index contributed by atoms with van der Waals surface area (Å²) >= 11 is 5.97. The fourth-order valence-corrected chi connectivity index (χ4v) is 3.31.